The lowest BCUT2D eigenvalue weighted by Gasteiger charge is -2.03. The Morgan fingerprint density at radius 3 is 2.91 bits per heavy atom. The molecule has 0 N–H and O–H groups in total. The van der Waals surface area contributed by atoms with Gasteiger partial charge >= 0.3 is 5.97 Å². The van der Waals surface area contributed by atoms with Crippen LogP contribution in [0.4, 0.5) is 0 Å². The number of aryl methyl sites for hydroxylation is 2. The van der Waals surface area contributed by atoms with Gasteiger partial charge in [0.1, 0.15) is 12.3 Å². The summed E-state index contributed by atoms with van der Waals surface area (Å²) < 4.78 is 16.6. The van der Waals surface area contributed by atoms with Crippen LogP contribution in [-0.2, 0) is 24.8 Å². The lowest BCUT2D eigenvalue weighted by atomic mass is 10.1. The van der Waals surface area contributed by atoms with Gasteiger partial charge in [-0.2, -0.15) is 0 Å². The molecule has 124 valence electrons. The number of methoxy groups -OCH3 is 1. The highest BCUT2D eigenvalue weighted by Gasteiger charge is 2.18. The summed E-state index contributed by atoms with van der Waals surface area (Å²) >= 11 is 0. The van der Waals surface area contributed by atoms with Gasteiger partial charge in [-0.15, -0.1) is 5.10 Å². The van der Waals surface area contributed by atoms with E-state index in [0.29, 0.717) is 24.0 Å². The first kappa shape index (κ1) is 16.7. The van der Waals surface area contributed by atoms with Crippen molar-refractivity contribution >= 4 is 12.3 Å². The summed E-state index contributed by atoms with van der Waals surface area (Å²) in [5.74, 6) is -0.0929. The predicted molar refractivity (Wildman–Crippen MR) is 79.4 cm³/mol. The minimum Gasteiger partial charge on any atom is -0.471 e. The highest BCUT2D eigenvalue weighted by molar-refractivity contribution is 5.87. The van der Waals surface area contributed by atoms with Crippen molar-refractivity contribution in [3.05, 3.63) is 28.8 Å². The van der Waals surface area contributed by atoms with E-state index in [1.807, 2.05) is 0 Å². The average Bonchev–Trinajstić information content (AvgIpc) is 3.12. The third-order valence-corrected chi connectivity index (χ3v) is 3.39. The largest absolute Gasteiger partial charge is 0.471 e. The molecule has 2 aromatic heterocycles. The van der Waals surface area contributed by atoms with Gasteiger partial charge in [0.05, 0.1) is 18.4 Å². The van der Waals surface area contributed by atoms with E-state index >= 15 is 0 Å². The lowest BCUT2D eigenvalue weighted by molar-refractivity contribution is 0.0588. The van der Waals surface area contributed by atoms with Gasteiger partial charge in [0.2, 0.25) is 11.6 Å². The fourth-order valence-electron chi connectivity index (χ4n) is 2.10. The number of aldehydes is 1. The molecule has 0 radical (unpaired) electrons. The molecule has 0 bridgehead atoms. The molecular weight excluding hydrogens is 302 g/mol. The highest BCUT2D eigenvalue weighted by atomic mass is 16.5. The Labute approximate surface area is 133 Å². The van der Waals surface area contributed by atoms with Gasteiger partial charge in [-0.1, -0.05) is 18.5 Å². The van der Waals surface area contributed by atoms with E-state index in [1.54, 1.807) is 7.05 Å². The minimum absolute atomic E-state index is 0.0915. The van der Waals surface area contributed by atoms with Gasteiger partial charge in [-0.25, -0.2) is 4.79 Å². The smallest absolute Gasteiger partial charge is 0.356 e. The number of carbonyl (C=O) groups is 2. The molecule has 0 atom stereocenters. The first-order valence-corrected chi connectivity index (χ1v) is 7.28. The van der Waals surface area contributed by atoms with Gasteiger partial charge in [-0.3, -0.25) is 9.48 Å². The summed E-state index contributed by atoms with van der Waals surface area (Å²) in [7, 11) is 2.91. The number of carbonyl (C=O) groups excluding carboxylic acids is 2. The molecule has 0 fully saturated rings. The van der Waals surface area contributed by atoms with Crippen LogP contribution in [0.5, 0.6) is 5.88 Å². The molecule has 0 saturated heterocycles. The van der Waals surface area contributed by atoms with Crippen molar-refractivity contribution in [1.29, 1.82) is 0 Å². The van der Waals surface area contributed by atoms with Crippen LogP contribution in [0.1, 0.15) is 52.1 Å². The van der Waals surface area contributed by atoms with Gasteiger partial charge in [0.25, 0.3) is 0 Å². The van der Waals surface area contributed by atoms with Crippen LogP contribution in [0, 0.1) is 0 Å². The van der Waals surface area contributed by atoms with Gasteiger partial charge in [-0.05, 0) is 12.8 Å². The monoisotopic (exact) mass is 321 g/mol. The van der Waals surface area contributed by atoms with Crippen molar-refractivity contribution in [1.82, 2.24) is 14.9 Å². The SMILES string of the molecule is CCCCc1noc(C=O)c1COc1cc(C(=O)OC)n(C)n1. The van der Waals surface area contributed by atoms with Crippen molar-refractivity contribution < 1.29 is 23.6 Å². The van der Waals surface area contributed by atoms with E-state index in [4.69, 9.17) is 9.26 Å². The number of hydrogen-bond acceptors (Lipinski definition) is 7. The summed E-state index contributed by atoms with van der Waals surface area (Å²) in [6.45, 7) is 2.16. The Hall–Kier alpha value is -2.64. The summed E-state index contributed by atoms with van der Waals surface area (Å²) in [4.78, 5) is 22.6. The zero-order chi connectivity index (χ0) is 16.8. The van der Waals surface area contributed by atoms with Crippen molar-refractivity contribution in [3.63, 3.8) is 0 Å². The summed E-state index contributed by atoms with van der Waals surface area (Å²) in [5, 5.41) is 8.00. The van der Waals surface area contributed by atoms with Crippen molar-refractivity contribution in [2.75, 3.05) is 7.11 Å². The lowest BCUT2D eigenvalue weighted by Crippen LogP contribution is -2.07. The molecule has 0 spiro atoms. The first-order valence-electron chi connectivity index (χ1n) is 7.28. The van der Waals surface area contributed by atoms with Crippen LogP contribution in [0.3, 0.4) is 0 Å². The highest BCUT2D eigenvalue weighted by Crippen LogP contribution is 2.19. The van der Waals surface area contributed by atoms with Crippen LogP contribution in [0.2, 0.25) is 0 Å². The normalized spacial score (nSPS) is 10.6. The van der Waals surface area contributed by atoms with Gasteiger partial charge < -0.3 is 14.0 Å². The van der Waals surface area contributed by atoms with Crippen LogP contribution < -0.4 is 4.74 Å². The summed E-state index contributed by atoms with van der Waals surface area (Å²) in [5.41, 5.74) is 1.59. The maximum Gasteiger partial charge on any atom is 0.356 e. The zero-order valence-electron chi connectivity index (χ0n) is 13.4. The third-order valence-electron chi connectivity index (χ3n) is 3.39. The Bertz CT molecular complexity index is 689. The standard InChI is InChI=1S/C15H19N3O5/c1-4-5-6-11-10(13(8-19)23-17-11)9-22-14-7-12(15(20)21-3)18(2)16-14/h7-8H,4-6,9H2,1-3H3. The second-order valence-electron chi connectivity index (χ2n) is 4.97. The molecule has 2 heterocycles. The van der Waals surface area contributed by atoms with Crippen LogP contribution in [0.15, 0.2) is 10.6 Å². The fraction of sp³-hybridized carbons (Fsp3) is 0.467. The molecular formula is C15H19N3O5. The maximum atomic E-state index is 11.5. The van der Waals surface area contributed by atoms with E-state index < -0.39 is 5.97 Å². The molecule has 0 aliphatic rings. The summed E-state index contributed by atoms with van der Waals surface area (Å²) in [6, 6.07) is 1.48. The van der Waals surface area contributed by atoms with Crippen LogP contribution >= 0.6 is 0 Å². The molecule has 0 saturated carbocycles. The Morgan fingerprint density at radius 2 is 2.26 bits per heavy atom. The molecule has 23 heavy (non-hydrogen) atoms. The topological polar surface area (TPSA) is 96.5 Å². The average molecular weight is 321 g/mol. The number of rotatable bonds is 8. The van der Waals surface area contributed by atoms with E-state index in [2.05, 4.69) is 21.9 Å². The van der Waals surface area contributed by atoms with E-state index in [9.17, 15) is 9.59 Å². The Balaban J connectivity index is 2.13. The number of hydrogen-bond donors (Lipinski definition) is 0. The quantitative estimate of drug-likeness (QED) is 0.541. The molecule has 0 aromatic carbocycles. The van der Waals surface area contributed by atoms with Crippen molar-refractivity contribution in [2.24, 2.45) is 7.05 Å². The number of unbranched alkanes of at least 4 members (excludes halogenated alkanes) is 1. The molecule has 8 heteroatoms. The molecule has 8 nitrogen and oxygen atoms in total. The van der Waals surface area contributed by atoms with Gasteiger partial charge in [0.15, 0.2) is 6.29 Å². The molecule has 2 rings (SSSR count). The number of esters is 1. The van der Waals surface area contributed by atoms with Crippen molar-refractivity contribution in [2.45, 2.75) is 32.8 Å². The zero-order valence-corrected chi connectivity index (χ0v) is 13.4. The van der Waals surface area contributed by atoms with Gasteiger partial charge in [0, 0.05) is 13.1 Å². The number of nitrogens with zero attached hydrogens (tertiary/aromatic N) is 3. The second-order valence-corrected chi connectivity index (χ2v) is 4.97. The molecule has 0 unspecified atom stereocenters. The summed E-state index contributed by atoms with van der Waals surface area (Å²) in [6.07, 6.45) is 3.27. The minimum atomic E-state index is -0.503. The molecule has 0 aliphatic carbocycles. The Kier molecular flexibility index (Phi) is 5.51. The maximum absolute atomic E-state index is 11.5. The van der Waals surface area contributed by atoms with E-state index in [1.165, 1.54) is 17.9 Å². The Morgan fingerprint density at radius 1 is 1.48 bits per heavy atom. The number of ether oxygens (including phenoxy) is 2. The van der Waals surface area contributed by atoms with E-state index in [0.717, 1.165) is 12.8 Å². The number of aromatic nitrogens is 3. The molecule has 2 aromatic rings. The molecule has 0 aliphatic heterocycles. The second kappa shape index (κ2) is 7.57. The first-order chi connectivity index (χ1) is 11.1. The third kappa shape index (κ3) is 3.77. The predicted octanol–water partition coefficient (Wildman–Crippen LogP) is 1.93. The van der Waals surface area contributed by atoms with Crippen LogP contribution in [-0.4, -0.2) is 34.3 Å². The van der Waals surface area contributed by atoms with Crippen molar-refractivity contribution in [3.8, 4) is 5.88 Å². The fourth-order valence-corrected chi connectivity index (χ4v) is 2.10. The van der Waals surface area contributed by atoms with Crippen LogP contribution in [0.25, 0.3) is 0 Å². The van der Waals surface area contributed by atoms with E-state index in [-0.39, 0.29) is 23.9 Å². The molecule has 0 amide bonds.